The van der Waals surface area contributed by atoms with E-state index in [4.69, 9.17) is 25.8 Å². The Balaban J connectivity index is 1.80. The molecule has 0 bridgehead atoms. The number of nitrogens with zero attached hydrogens (tertiary/aromatic N) is 4. The lowest BCUT2D eigenvalue weighted by molar-refractivity contribution is 0.348. The van der Waals surface area contributed by atoms with Crippen molar-refractivity contribution in [1.29, 1.82) is 0 Å². The van der Waals surface area contributed by atoms with Gasteiger partial charge in [-0.15, -0.1) is 0 Å². The molecule has 12 heteroatoms. The molecule has 0 amide bonds. The van der Waals surface area contributed by atoms with Gasteiger partial charge in [-0.2, -0.15) is 4.98 Å². The van der Waals surface area contributed by atoms with Crippen LogP contribution in [0.2, 0.25) is 5.02 Å². The molecule has 0 spiro atoms. The van der Waals surface area contributed by atoms with Gasteiger partial charge in [-0.25, -0.2) is 23.4 Å². The molecule has 0 fully saturated rings. The molecule has 36 heavy (non-hydrogen) atoms. The molecule has 0 radical (unpaired) electrons. The average molecular weight is 526 g/mol. The highest BCUT2D eigenvalue weighted by molar-refractivity contribution is 7.95. The summed E-state index contributed by atoms with van der Waals surface area (Å²) >= 11 is 6.14. The van der Waals surface area contributed by atoms with Crippen LogP contribution in [0.25, 0.3) is 17.7 Å². The minimum Gasteiger partial charge on any atom is -0.493 e. The molecule has 0 unspecified atom stereocenters. The summed E-state index contributed by atoms with van der Waals surface area (Å²) in [7, 11) is -1.25. The zero-order valence-corrected chi connectivity index (χ0v) is 20.7. The average Bonchev–Trinajstić information content (AvgIpc) is 2.89. The lowest BCUT2D eigenvalue weighted by atomic mass is 10.2. The Labute approximate surface area is 212 Å². The number of halogens is 1. The molecule has 0 aliphatic rings. The first-order chi connectivity index (χ1) is 17.4. The molecule has 0 atom stereocenters. The molecule has 2 aromatic carbocycles. The van der Waals surface area contributed by atoms with Crippen LogP contribution in [0.3, 0.4) is 0 Å². The van der Waals surface area contributed by atoms with Gasteiger partial charge < -0.3 is 14.2 Å². The van der Waals surface area contributed by atoms with E-state index in [0.717, 1.165) is 5.41 Å². The van der Waals surface area contributed by atoms with Gasteiger partial charge in [0, 0.05) is 17.4 Å². The minimum absolute atomic E-state index is 0.0209. The summed E-state index contributed by atoms with van der Waals surface area (Å²) in [5.41, 5.74) is 0.522. The third-order valence-electron chi connectivity index (χ3n) is 4.65. The van der Waals surface area contributed by atoms with Crippen molar-refractivity contribution in [3.05, 3.63) is 83.0 Å². The second kappa shape index (κ2) is 11.0. The van der Waals surface area contributed by atoms with Crippen molar-refractivity contribution in [2.24, 2.45) is 0 Å². The molecule has 184 valence electrons. The zero-order valence-electron chi connectivity index (χ0n) is 19.1. The van der Waals surface area contributed by atoms with E-state index in [1.165, 1.54) is 32.7 Å². The molecule has 2 aromatic heterocycles. The van der Waals surface area contributed by atoms with E-state index < -0.39 is 10.0 Å². The van der Waals surface area contributed by atoms with E-state index in [9.17, 15) is 8.42 Å². The van der Waals surface area contributed by atoms with Crippen LogP contribution in [0.5, 0.6) is 23.1 Å². The van der Waals surface area contributed by atoms with Crippen molar-refractivity contribution in [1.82, 2.24) is 19.9 Å². The number of hydrogen-bond acceptors (Lipinski definition) is 9. The number of ether oxygens (including phenoxy) is 3. The van der Waals surface area contributed by atoms with Crippen molar-refractivity contribution in [2.75, 3.05) is 18.9 Å². The first-order valence-corrected chi connectivity index (χ1v) is 12.3. The Morgan fingerprint density at radius 3 is 2.25 bits per heavy atom. The van der Waals surface area contributed by atoms with E-state index in [1.54, 1.807) is 54.6 Å². The summed E-state index contributed by atoms with van der Waals surface area (Å²) in [5, 5.41) is 1.37. The summed E-state index contributed by atoms with van der Waals surface area (Å²) in [4.78, 5) is 16.9. The number of anilines is 1. The number of rotatable bonds is 9. The van der Waals surface area contributed by atoms with Gasteiger partial charge in [0.2, 0.25) is 11.6 Å². The molecule has 10 nitrogen and oxygen atoms in total. The minimum atomic E-state index is -4.09. The van der Waals surface area contributed by atoms with Gasteiger partial charge in [0.05, 0.1) is 19.6 Å². The Kier molecular flexibility index (Phi) is 7.62. The number of para-hydroxylation sites is 2. The molecule has 1 N–H and O–H groups in total. The smallest absolute Gasteiger partial charge is 0.263 e. The largest absolute Gasteiger partial charge is 0.493 e. The van der Waals surface area contributed by atoms with Gasteiger partial charge in [-0.3, -0.25) is 4.72 Å². The summed E-state index contributed by atoms with van der Waals surface area (Å²) in [6, 6.07) is 15.3. The lowest BCUT2D eigenvalue weighted by Gasteiger charge is -2.16. The van der Waals surface area contributed by atoms with E-state index >= 15 is 0 Å². The molecule has 0 aliphatic heterocycles. The monoisotopic (exact) mass is 525 g/mol. The fourth-order valence-electron chi connectivity index (χ4n) is 3.00. The van der Waals surface area contributed by atoms with Crippen molar-refractivity contribution in [2.45, 2.75) is 0 Å². The Morgan fingerprint density at radius 1 is 0.861 bits per heavy atom. The lowest BCUT2D eigenvalue weighted by Crippen LogP contribution is -2.13. The van der Waals surface area contributed by atoms with Crippen LogP contribution in [-0.4, -0.2) is 42.6 Å². The fraction of sp³-hybridized carbons (Fsp3) is 0.0833. The molecule has 0 saturated heterocycles. The molecular formula is C24H20ClN5O5S. The number of sulfonamides is 1. The molecule has 4 rings (SSSR count). The number of aromatic nitrogens is 4. The van der Waals surface area contributed by atoms with Gasteiger partial charge in [-0.05, 0) is 35.9 Å². The molecule has 0 saturated carbocycles. The topological polar surface area (TPSA) is 125 Å². The summed E-state index contributed by atoms with van der Waals surface area (Å²) in [5.74, 6) is 0.543. The van der Waals surface area contributed by atoms with E-state index in [1.807, 2.05) is 0 Å². The van der Waals surface area contributed by atoms with Gasteiger partial charge in [0.25, 0.3) is 15.9 Å². The maximum absolute atomic E-state index is 13.0. The zero-order chi connectivity index (χ0) is 25.5. The van der Waals surface area contributed by atoms with Gasteiger partial charge >= 0.3 is 0 Å². The predicted molar refractivity (Wildman–Crippen MR) is 136 cm³/mol. The Bertz CT molecular complexity index is 1500. The molecule has 2 heterocycles. The SMILES string of the molecule is COc1ccccc1Oc1c(NS(=O)(=O)C=Cc2ccccc2Cl)nc(-c2ncccn2)nc1OC. The molecular weight excluding hydrogens is 506 g/mol. The first kappa shape index (κ1) is 24.9. The highest BCUT2D eigenvalue weighted by Crippen LogP contribution is 2.40. The second-order valence-electron chi connectivity index (χ2n) is 7.03. The highest BCUT2D eigenvalue weighted by atomic mass is 35.5. The quantitative estimate of drug-likeness (QED) is 0.327. The summed E-state index contributed by atoms with van der Waals surface area (Å²) in [6.45, 7) is 0. The number of methoxy groups -OCH3 is 2. The van der Waals surface area contributed by atoms with Crippen molar-refractivity contribution < 1.29 is 22.6 Å². The summed E-state index contributed by atoms with van der Waals surface area (Å²) in [6.07, 6.45) is 4.38. The van der Waals surface area contributed by atoms with E-state index in [2.05, 4.69) is 24.7 Å². The Hall–Kier alpha value is -4.22. The van der Waals surface area contributed by atoms with Gasteiger partial charge in [0.1, 0.15) is 0 Å². The normalized spacial score (nSPS) is 11.3. The highest BCUT2D eigenvalue weighted by Gasteiger charge is 2.23. The third-order valence-corrected chi connectivity index (χ3v) is 5.96. The number of nitrogens with one attached hydrogen (secondary N) is 1. The third kappa shape index (κ3) is 5.88. The van der Waals surface area contributed by atoms with Crippen LogP contribution in [0.4, 0.5) is 5.82 Å². The first-order valence-electron chi connectivity index (χ1n) is 10.4. The molecule has 4 aromatic rings. The van der Waals surface area contributed by atoms with Crippen LogP contribution < -0.4 is 18.9 Å². The summed E-state index contributed by atoms with van der Waals surface area (Å²) < 4.78 is 45.2. The van der Waals surface area contributed by atoms with Crippen LogP contribution in [0, 0.1) is 0 Å². The maximum Gasteiger partial charge on any atom is 0.263 e. The van der Waals surface area contributed by atoms with E-state index in [-0.39, 0.29) is 34.8 Å². The van der Waals surface area contributed by atoms with Crippen LogP contribution in [-0.2, 0) is 10.0 Å². The van der Waals surface area contributed by atoms with Crippen molar-refractivity contribution in [3.63, 3.8) is 0 Å². The van der Waals surface area contributed by atoms with Crippen LogP contribution >= 0.6 is 11.6 Å². The number of hydrogen-bond donors (Lipinski definition) is 1. The fourth-order valence-corrected chi connectivity index (χ4v) is 4.00. The van der Waals surface area contributed by atoms with Crippen LogP contribution in [0.1, 0.15) is 5.56 Å². The van der Waals surface area contributed by atoms with Gasteiger partial charge in [0.15, 0.2) is 23.1 Å². The second-order valence-corrected chi connectivity index (χ2v) is 9.00. The van der Waals surface area contributed by atoms with Crippen molar-refractivity contribution >= 4 is 33.5 Å². The number of benzene rings is 2. The Morgan fingerprint density at radius 2 is 1.56 bits per heavy atom. The predicted octanol–water partition coefficient (Wildman–Crippen LogP) is 4.81. The molecule has 0 aliphatic carbocycles. The maximum atomic E-state index is 13.0. The standard InChI is InChI=1S/C24H20ClN5O5S/c1-33-18-10-5-6-11-19(18)35-20-21(28-23(29-24(20)34-2)22-26-13-7-14-27-22)30-36(31,32)15-12-16-8-3-4-9-17(16)25/h3-15H,1-2H3,(H,28,29,30). The van der Waals surface area contributed by atoms with Gasteiger partial charge in [-0.1, -0.05) is 41.9 Å². The van der Waals surface area contributed by atoms with E-state index in [0.29, 0.717) is 16.3 Å². The van der Waals surface area contributed by atoms with Crippen molar-refractivity contribution in [3.8, 4) is 34.8 Å². The van der Waals surface area contributed by atoms with Crippen LogP contribution in [0.15, 0.2) is 72.4 Å².